The SMILES string of the molecule is O=C(NNC(=O)C12CC3CC(CC(C3)C1)C2)c1cccc(S(=O)(=O)NC[C@H]2CCCO2)c1. The highest BCUT2D eigenvalue weighted by atomic mass is 32.2. The first-order chi connectivity index (χ1) is 15.3. The Morgan fingerprint density at radius 1 is 1.03 bits per heavy atom. The molecule has 5 aliphatic rings. The van der Waals surface area contributed by atoms with Crippen molar-refractivity contribution in [1.29, 1.82) is 0 Å². The second kappa shape index (κ2) is 8.43. The van der Waals surface area contributed by atoms with Gasteiger partial charge in [-0.3, -0.25) is 20.4 Å². The van der Waals surface area contributed by atoms with Crippen molar-refractivity contribution >= 4 is 21.8 Å². The van der Waals surface area contributed by atoms with Gasteiger partial charge >= 0.3 is 0 Å². The average Bonchev–Trinajstić information content (AvgIpc) is 3.29. The fourth-order valence-electron chi connectivity index (χ4n) is 6.60. The number of hydrogen-bond acceptors (Lipinski definition) is 5. The van der Waals surface area contributed by atoms with Crippen LogP contribution in [0.3, 0.4) is 0 Å². The van der Waals surface area contributed by atoms with Crippen molar-refractivity contribution in [3.8, 4) is 0 Å². The van der Waals surface area contributed by atoms with Crippen LogP contribution >= 0.6 is 0 Å². The van der Waals surface area contributed by atoms with E-state index in [2.05, 4.69) is 15.6 Å². The van der Waals surface area contributed by atoms with Crippen molar-refractivity contribution in [1.82, 2.24) is 15.6 Å². The summed E-state index contributed by atoms with van der Waals surface area (Å²) in [5.74, 6) is 1.26. The Hall–Kier alpha value is -1.97. The Morgan fingerprint density at radius 3 is 2.34 bits per heavy atom. The summed E-state index contributed by atoms with van der Waals surface area (Å²) in [5.41, 5.74) is 4.96. The number of hydrazine groups is 1. The van der Waals surface area contributed by atoms with Crippen LogP contribution in [0.4, 0.5) is 0 Å². The topological polar surface area (TPSA) is 114 Å². The van der Waals surface area contributed by atoms with E-state index in [9.17, 15) is 18.0 Å². The number of carbonyl (C=O) groups excluding carboxylic acids is 2. The lowest BCUT2D eigenvalue weighted by atomic mass is 9.49. The predicted octanol–water partition coefficient (Wildman–Crippen LogP) is 2.12. The summed E-state index contributed by atoms with van der Waals surface area (Å²) in [7, 11) is -3.76. The number of amides is 2. The minimum absolute atomic E-state index is 0.00978. The molecule has 32 heavy (non-hydrogen) atoms. The van der Waals surface area contributed by atoms with E-state index in [0.29, 0.717) is 24.4 Å². The van der Waals surface area contributed by atoms with E-state index in [-0.39, 0.29) is 34.4 Å². The van der Waals surface area contributed by atoms with Gasteiger partial charge in [0.15, 0.2) is 0 Å². The Labute approximate surface area is 188 Å². The lowest BCUT2D eigenvalue weighted by Crippen LogP contribution is -2.56. The maximum atomic E-state index is 13.0. The normalized spacial score (nSPS) is 33.2. The molecule has 9 heteroatoms. The molecule has 1 aromatic rings. The summed E-state index contributed by atoms with van der Waals surface area (Å²) in [6.07, 6.45) is 8.07. The van der Waals surface area contributed by atoms with E-state index in [1.807, 2.05) is 0 Å². The van der Waals surface area contributed by atoms with Gasteiger partial charge < -0.3 is 4.74 Å². The highest BCUT2D eigenvalue weighted by Crippen LogP contribution is 2.60. The van der Waals surface area contributed by atoms with Crippen molar-refractivity contribution in [2.75, 3.05) is 13.2 Å². The number of hydrogen-bond donors (Lipinski definition) is 3. The molecule has 4 aliphatic carbocycles. The molecule has 1 aliphatic heterocycles. The zero-order valence-corrected chi connectivity index (χ0v) is 19.0. The Kier molecular flexibility index (Phi) is 5.75. The molecule has 6 rings (SSSR count). The summed E-state index contributed by atoms with van der Waals surface area (Å²) in [6.45, 7) is 0.858. The summed E-state index contributed by atoms with van der Waals surface area (Å²) in [6, 6.07) is 5.83. The summed E-state index contributed by atoms with van der Waals surface area (Å²) >= 11 is 0. The van der Waals surface area contributed by atoms with Crippen molar-refractivity contribution in [2.45, 2.75) is 62.4 Å². The molecular formula is C23H31N3O5S. The first-order valence-corrected chi connectivity index (χ1v) is 13.1. The molecule has 5 fully saturated rings. The van der Waals surface area contributed by atoms with Crippen LogP contribution in [-0.4, -0.2) is 39.5 Å². The maximum Gasteiger partial charge on any atom is 0.269 e. The quantitative estimate of drug-likeness (QED) is 0.562. The van der Waals surface area contributed by atoms with Crippen LogP contribution in [0.15, 0.2) is 29.2 Å². The van der Waals surface area contributed by atoms with Crippen LogP contribution in [0, 0.1) is 23.2 Å². The largest absolute Gasteiger partial charge is 0.377 e. The first kappa shape index (κ1) is 21.9. The van der Waals surface area contributed by atoms with E-state index in [0.717, 1.165) is 32.1 Å². The van der Waals surface area contributed by atoms with Crippen LogP contribution in [-0.2, 0) is 19.6 Å². The van der Waals surface area contributed by atoms with Gasteiger partial charge in [-0.1, -0.05) is 6.07 Å². The van der Waals surface area contributed by atoms with E-state index in [1.54, 1.807) is 0 Å². The molecule has 0 spiro atoms. The molecule has 4 bridgehead atoms. The highest BCUT2D eigenvalue weighted by Gasteiger charge is 2.54. The van der Waals surface area contributed by atoms with E-state index >= 15 is 0 Å². The van der Waals surface area contributed by atoms with Crippen LogP contribution in [0.1, 0.15) is 61.7 Å². The van der Waals surface area contributed by atoms with Crippen molar-refractivity contribution in [3.05, 3.63) is 29.8 Å². The molecule has 3 N–H and O–H groups in total. The zero-order valence-electron chi connectivity index (χ0n) is 18.1. The minimum Gasteiger partial charge on any atom is -0.377 e. The Morgan fingerprint density at radius 2 is 1.72 bits per heavy atom. The van der Waals surface area contributed by atoms with Crippen molar-refractivity contribution in [2.24, 2.45) is 23.2 Å². The van der Waals surface area contributed by atoms with Gasteiger partial charge in [-0.05, 0) is 87.3 Å². The molecule has 0 unspecified atom stereocenters. The second-order valence-electron chi connectivity index (χ2n) is 10.1. The van der Waals surface area contributed by atoms with Crippen LogP contribution in [0.25, 0.3) is 0 Å². The third-order valence-electron chi connectivity index (χ3n) is 7.74. The highest BCUT2D eigenvalue weighted by molar-refractivity contribution is 7.89. The summed E-state index contributed by atoms with van der Waals surface area (Å²) in [5, 5.41) is 0. The molecule has 1 heterocycles. The number of sulfonamides is 1. The predicted molar refractivity (Wildman–Crippen MR) is 117 cm³/mol. The average molecular weight is 462 g/mol. The van der Waals surface area contributed by atoms with Gasteiger partial charge in [0.05, 0.1) is 16.4 Å². The molecule has 2 amide bonds. The first-order valence-electron chi connectivity index (χ1n) is 11.7. The molecule has 4 saturated carbocycles. The lowest BCUT2D eigenvalue weighted by Gasteiger charge is -2.55. The van der Waals surface area contributed by atoms with Crippen LogP contribution < -0.4 is 15.6 Å². The van der Waals surface area contributed by atoms with E-state index < -0.39 is 15.9 Å². The monoisotopic (exact) mass is 461 g/mol. The smallest absolute Gasteiger partial charge is 0.269 e. The van der Waals surface area contributed by atoms with E-state index in [1.165, 1.54) is 43.5 Å². The molecule has 174 valence electrons. The number of ether oxygens (including phenoxy) is 1. The standard InChI is InChI=1S/C23H31N3O5S/c27-21(25-26-22(28)23-11-15-7-16(12-23)9-17(8-15)13-23)18-3-1-5-20(10-18)32(29,30)24-14-19-4-2-6-31-19/h1,3,5,10,15-17,19,24H,2,4,6-9,11-14H2,(H,25,27)(H,26,28)/t15?,16?,17?,19-,23?/m1/s1. The van der Waals surface area contributed by atoms with Crippen LogP contribution in [0.5, 0.6) is 0 Å². The lowest BCUT2D eigenvalue weighted by molar-refractivity contribution is -0.147. The molecule has 1 atom stereocenters. The minimum atomic E-state index is -3.76. The number of carbonyl (C=O) groups is 2. The second-order valence-corrected chi connectivity index (χ2v) is 11.9. The third-order valence-corrected chi connectivity index (χ3v) is 9.16. The van der Waals surface area contributed by atoms with Gasteiger partial charge in [-0.15, -0.1) is 0 Å². The van der Waals surface area contributed by atoms with Gasteiger partial charge in [-0.2, -0.15) is 0 Å². The molecular weight excluding hydrogens is 430 g/mol. The molecule has 0 radical (unpaired) electrons. The van der Waals surface area contributed by atoms with Crippen LogP contribution in [0.2, 0.25) is 0 Å². The number of rotatable bonds is 6. The van der Waals surface area contributed by atoms with E-state index in [4.69, 9.17) is 4.74 Å². The Bertz CT molecular complexity index is 967. The molecule has 8 nitrogen and oxygen atoms in total. The van der Waals surface area contributed by atoms with Crippen molar-refractivity contribution in [3.63, 3.8) is 0 Å². The number of benzene rings is 1. The zero-order chi connectivity index (χ0) is 22.3. The fraction of sp³-hybridized carbons (Fsp3) is 0.652. The van der Waals surface area contributed by atoms with Crippen molar-refractivity contribution < 1.29 is 22.7 Å². The molecule has 1 saturated heterocycles. The van der Waals surface area contributed by atoms with Gasteiger partial charge in [-0.25, -0.2) is 13.1 Å². The van der Waals surface area contributed by atoms with Gasteiger partial charge in [0.1, 0.15) is 0 Å². The Balaban J connectivity index is 1.20. The summed E-state index contributed by atoms with van der Waals surface area (Å²) in [4.78, 5) is 25.7. The fourth-order valence-corrected chi connectivity index (χ4v) is 7.71. The number of nitrogens with one attached hydrogen (secondary N) is 3. The van der Waals surface area contributed by atoms with Gasteiger partial charge in [0, 0.05) is 18.7 Å². The van der Waals surface area contributed by atoms with Gasteiger partial charge in [0.25, 0.3) is 5.91 Å². The molecule has 0 aromatic heterocycles. The summed E-state index contributed by atoms with van der Waals surface area (Å²) < 4.78 is 33.3. The maximum absolute atomic E-state index is 13.0. The molecule has 1 aromatic carbocycles. The van der Waals surface area contributed by atoms with Gasteiger partial charge in [0.2, 0.25) is 15.9 Å². The third kappa shape index (κ3) is 4.30.